The summed E-state index contributed by atoms with van der Waals surface area (Å²) in [6, 6.07) is 5.67. The van der Waals surface area contributed by atoms with E-state index in [-0.39, 0.29) is 0 Å². The van der Waals surface area contributed by atoms with Crippen LogP contribution in [0.4, 0.5) is 0 Å². The highest BCUT2D eigenvalue weighted by molar-refractivity contribution is 5.74. The lowest BCUT2D eigenvalue weighted by molar-refractivity contribution is 0.263. The fourth-order valence-corrected chi connectivity index (χ4v) is 2.73. The Morgan fingerprint density at radius 3 is 3.00 bits per heavy atom. The van der Waals surface area contributed by atoms with Crippen LogP contribution in [0.25, 0.3) is 11.1 Å². The Morgan fingerprint density at radius 1 is 1.27 bits per heavy atom. The lowest BCUT2D eigenvalue weighted by Crippen LogP contribution is -2.26. The van der Waals surface area contributed by atoms with Crippen LogP contribution in [0.15, 0.2) is 39.5 Å². The summed E-state index contributed by atoms with van der Waals surface area (Å²) in [4.78, 5) is 8.66. The van der Waals surface area contributed by atoms with Gasteiger partial charge in [-0.15, -0.1) is 0 Å². The molecule has 0 amide bonds. The van der Waals surface area contributed by atoms with E-state index < -0.39 is 0 Å². The monoisotopic (exact) mass is 299 g/mol. The zero-order chi connectivity index (χ0) is 14.8. The smallest absolute Gasteiger partial charge is 0.232 e. The molecule has 0 atom stereocenters. The van der Waals surface area contributed by atoms with Gasteiger partial charge >= 0.3 is 0 Å². The summed E-state index contributed by atoms with van der Waals surface area (Å²) in [6.45, 7) is 2.35. The van der Waals surface area contributed by atoms with Crippen molar-refractivity contribution in [3.8, 4) is 5.75 Å². The van der Waals surface area contributed by atoms with E-state index in [9.17, 15) is 0 Å². The number of hydrogen-bond donors (Lipinski definition) is 1. The molecule has 2 aromatic heterocycles. The first-order chi connectivity index (χ1) is 10.9. The van der Waals surface area contributed by atoms with E-state index in [2.05, 4.69) is 15.3 Å². The topological polar surface area (TPSA) is 73.3 Å². The highest BCUT2D eigenvalue weighted by Crippen LogP contribution is 2.29. The van der Waals surface area contributed by atoms with E-state index in [0.29, 0.717) is 18.4 Å². The molecule has 6 nitrogen and oxygen atoms in total. The van der Waals surface area contributed by atoms with Gasteiger partial charge in [-0.25, -0.2) is 9.97 Å². The second-order valence-corrected chi connectivity index (χ2v) is 5.42. The van der Waals surface area contributed by atoms with Crippen molar-refractivity contribution < 1.29 is 13.6 Å². The zero-order valence-electron chi connectivity index (χ0n) is 12.1. The number of benzene rings is 1. The van der Waals surface area contributed by atoms with Crippen LogP contribution in [0.5, 0.6) is 5.75 Å². The molecule has 22 heavy (non-hydrogen) atoms. The highest BCUT2D eigenvalue weighted by Gasteiger charge is 2.20. The maximum Gasteiger partial charge on any atom is 0.232 e. The van der Waals surface area contributed by atoms with Crippen molar-refractivity contribution in [2.45, 2.75) is 25.4 Å². The van der Waals surface area contributed by atoms with Gasteiger partial charge in [0.05, 0.1) is 6.20 Å². The van der Waals surface area contributed by atoms with Gasteiger partial charge in [0.2, 0.25) is 5.89 Å². The molecule has 1 N–H and O–H groups in total. The van der Waals surface area contributed by atoms with Crippen molar-refractivity contribution in [1.82, 2.24) is 15.3 Å². The summed E-state index contributed by atoms with van der Waals surface area (Å²) >= 11 is 0. The van der Waals surface area contributed by atoms with E-state index in [1.165, 1.54) is 6.26 Å². The average molecular weight is 299 g/mol. The lowest BCUT2D eigenvalue weighted by atomic mass is 9.98. The van der Waals surface area contributed by atoms with Crippen LogP contribution in [-0.4, -0.2) is 23.1 Å². The molecule has 0 unspecified atom stereocenters. The van der Waals surface area contributed by atoms with Gasteiger partial charge in [0.15, 0.2) is 18.1 Å². The van der Waals surface area contributed by atoms with Gasteiger partial charge in [-0.3, -0.25) is 0 Å². The maximum absolute atomic E-state index is 5.89. The molecule has 0 bridgehead atoms. The number of nitrogens with one attached hydrogen (secondary N) is 1. The van der Waals surface area contributed by atoms with E-state index in [1.54, 1.807) is 6.20 Å². The van der Waals surface area contributed by atoms with E-state index in [4.69, 9.17) is 13.6 Å². The van der Waals surface area contributed by atoms with Crippen LogP contribution in [0.3, 0.4) is 0 Å². The van der Waals surface area contributed by atoms with Gasteiger partial charge in [0.1, 0.15) is 17.5 Å². The average Bonchev–Trinajstić information content (AvgIpc) is 3.22. The number of hydrogen-bond acceptors (Lipinski definition) is 6. The molecular formula is C16H17N3O3. The summed E-state index contributed by atoms with van der Waals surface area (Å²) in [7, 11) is 0. The Hall–Kier alpha value is -2.34. The molecule has 0 saturated carbocycles. The van der Waals surface area contributed by atoms with Crippen LogP contribution < -0.4 is 10.1 Å². The number of fused-ring (bicyclic) bond motifs is 1. The molecule has 1 aliphatic rings. The number of oxazole rings is 2. The standard InChI is InChI=1S/C16H17N3O3/c1-2-14-13(9-12(1)21-10-15-18-7-8-20-15)19-16(22-14)11-3-5-17-6-4-11/h1-2,7-9,11,17H,3-6,10H2. The predicted octanol–water partition coefficient (Wildman–Crippen LogP) is 2.86. The van der Waals surface area contributed by atoms with Gasteiger partial charge < -0.3 is 18.9 Å². The third-order valence-corrected chi connectivity index (χ3v) is 3.91. The fourth-order valence-electron chi connectivity index (χ4n) is 2.73. The summed E-state index contributed by atoms with van der Waals surface area (Å²) in [5, 5.41) is 3.35. The molecule has 3 aromatic rings. The van der Waals surface area contributed by atoms with Gasteiger partial charge in [0, 0.05) is 12.0 Å². The second kappa shape index (κ2) is 5.81. The first-order valence-electron chi connectivity index (χ1n) is 7.51. The van der Waals surface area contributed by atoms with E-state index >= 15 is 0 Å². The Kier molecular flexibility index (Phi) is 3.52. The quantitative estimate of drug-likeness (QED) is 0.798. The molecular weight excluding hydrogens is 282 g/mol. The minimum atomic E-state index is 0.303. The maximum atomic E-state index is 5.89. The number of rotatable bonds is 4. The van der Waals surface area contributed by atoms with Crippen LogP contribution in [0, 0.1) is 0 Å². The molecule has 1 fully saturated rings. The third-order valence-electron chi connectivity index (χ3n) is 3.91. The molecule has 0 radical (unpaired) electrons. The number of ether oxygens (including phenoxy) is 1. The molecule has 3 heterocycles. The number of piperidine rings is 1. The Bertz CT molecular complexity index is 745. The van der Waals surface area contributed by atoms with Crippen LogP contribution >= 0.6 is 0 Å². The summed E-state index contributed by atoms with van der Waals surface area (Å²) < 4.78 is 16.7. The Balaban J connectivity index is 1.52. The van der Waals surface area contributed by atoms with Crippen molar-refractivity contribution >= 4 is 11.1 Å². The van der Waals surface area contributed by atoms with Crippen LogP contribution in [-0.2, 0) is 6.61 Å². The van der Waals surface area contributed by atoms with Crippen LogP contribution in [0.1, 0.15) is 30.5 Å². The molecule has 0 aliphatic carbocycles. The van der Waals surface area contributed by atoms with Crippen molar-refractivity contribution in [2.75, 3.05) is 13.1 Å². The largest absolute Gasteiger partial charge is 0.484 e. The van der Waals surface area contributed by atoms with Gasteiger partial charge in [-0.05, 0) is 38.1 Å². The van der Waals surface area contributed by atoms with Gasteiger partial charge in [-0.1, -0.05) is 0 Å². The predicted molar refractivity (Wildman–Crippen MR) is 79.7 cm³/mol. The third kappa shape index (κ3) is 2.69. The normalized spacial score (nSPS) is 16.2. The van der Waals surface area contributed by atoms with Crippen molar-refractivity contribution in [1.29, 1.82) is 0 Å². The summed E-state index contributed by atoms with van der Waals surface area (Å²) in [5.41, 5.74) is 1.63. The molecule has 1 saturated heterocycles. The molecule has 1 aliphatic heterocycles. The number of aromatic nitrogens is 2. The van der Waals surface area contributed by atoms with Crippen molar-refractivity contribution in [3.63, 3.8) is 0 Å². The first-order valence-corrected chi connectivity index (χ1v) is 7.51. The fraction of sp³-hybridized carbons (Fsp3) is 0.375. The first kappa shape index (κ1) is 13.3. The summed E-state index contributed by atoms with van der Waals surface area (Å²) in [5.74, 6) is 2.53. The molecule has 4 rings (SSSR count). The van der Waals surface area contributed by atoms with E-state index in [1.807, 2.05) is 18.2 Å². The Labute approximate surface area is 127 Å². The molecule has 114 valence electrons. The summed E-state index contributed by atoms with van der Waals surface area (Å²) in [6.07, 6.45) is 5.27. The SMILES string of the molecule is c1coc(COc2ccc3oc(C4CCNCC4)nc3c2)n1. The molecule has 6 heteroatoms. The zero-order valence-corrected chi connectivity index (χ0v) is 12.1. The highest BCUT2D eigenvalue weighted by atomic mass is 16.5. The van der Waals surface area contributed by atoms with Crippen molar-refractivity contribution in [3.05, 3.63) is 42.4 Å². The second-order valence-electron chi connectivity index (χ2n) is 5.42. The van der Waals surface area contributed by atoms with Gasteiger partial charge in [-0.2, -0.15) is 0 Å². The van der Waals surface area contributed by atoms with Crippen LogP contribution in [0.2, 0.25) is 0 Å². The van der Waals surface area contributed by atoms with E-state index in [0.717, 1.165) is 48.7 Å². The van der Waals surface area contributed by atoms with Crippen molar-refractivity contribution in [2.24, 2.45) is 0 Å². The minimum Gasteiger partial charge on any atom is -0.484 e. The lowest BCUT2D eigenvalue weighted by Gasteiger charge is -2.19. The van der Waals surface area contributed by atoms with Gasteiger partial charge in [0.25, 0.3) is 0 Å². The molecule has 1 aromatic carbocycles. The minimum absolute atomic E-state index is 0.303. The molecule has 0 spiro atoms. The number of nitrogens with zero attached hydrogens (tertiary/aromatic N) is 2. The Morgan fingerprint density at radius 2 is 2.18 bits per heavy atom.